The van der Waals surface area contributed by atoms with Crippen molar-refractivity contribution < 1.29 is 9.53 Å². The molecule has 3 aromatic rings. The third-order valence-corrected chi connectivity index (χ3v) is 4.37. The molecule has 120 valence electrons. The molecular weight excluding hydrogens is 302 g/mol. The van der Waals surface area contributed by atoms with E-state index >= 15 is 0 Å². The van der Waals surface area contributed by atoms with Crippen LogP contribution in [0.15, 0.2) is 61.1 Å². The van der Waals surface area contributed by atoms with Gasteiger partial charge in [-0.15, -0.1) is 0 Å². The molecule has 1 aromatic carbocycles. The number of hydrogen-bond donors (Lipinski definition) is 1. The lowest BCUT2D eigenvalue weighted by atomic mass is 9.93. The number of carbonyl (C=O) groups excluding carboxylic acids is 1. The van der Waals surface area contributed by atoms with Crippen LogP contribution in [-0.4, -0.2) is 28.6 Å². The number of ether oxygens (including phenoxy) is 1. The minimum absolute atomic E-state index is 0.0518. The number of nitrogens with zero attached hydrogens (tertiary/aromatic N) is 2. The number of carbonyl (C=O) groups is 1. The summed E-state index contributed by atoms with van der Waals surface area (Å²) in [6, 6.07) is 13.5. The molecule has 1 amide bonds. The number of para-hydroxylation sites is 1. The smallest absolute Gasteiger partial charge is 0.254 e. The van der Waals surface area contributed by atoms with Gasteiger partial charge in [-0.1, -0.05) is 18.2 Å². The van der Waals surface area contributed by atoms with Crippen LogP contribution >= 0.6 is 0 Å². The Morgan fingerprint density at radius 3 is 2.79 bits per heavy atom. The quantitative estimate of drug-likeness (QED) is 0.805. The number of rotatable bonds is 3. The predicted molar refractivity (Wildman–Crippen MR) is 91.7 cm³/mol. The van der Waals surface area contributed by atoms with Gasteiger partial charge in [0.05, 0.1) is 11.2 Å². The lowest BCUT2D eigenvalue weighted by molar-refractivity contribution is -0.125. The van der Waals surface area contributed by atoms with Gasteiger partial charge in [-0.25, -0.2) is 0 Å². The number of pyridine rings is 2. The van der Waals surface area contributed by atoms with Gasteiger partial charge in [-0.2, -0.15) is 0 Å². The average Bonchev–Trinajstić information content (AvgIpc) is 3.13. The fraction of sp³-hybridized carbons (Fsp3) is 0.211. The summed E-state index contributed by atoms with van der Waals surface area (Å²) in [5, 5.41) is 3.98. The van der Waals surface area contributed by atoms with Crippen LogP contribution in [0.3, 0.4) is 0 Å². The first-order valence-electron chi connectivity index (χ1n) is 7.99. The Kier molecular flexibility index (Phi) is 3.92. The van der Waals surface area contributed by atoms with Crippen LogP contribution in [0, 0.1) is 0 Å². The molecule has 4 rings (SSSR count). The highest BCUT2D eigenvalue weighted by atomic mass is 16.5. The van der Waals surface area contributed by atoms with Crippen molar-refractivity contribution in [1.82, 2.24) is 9.97 Å². The summed E-state index contributed by atoms with van der Waals surface area (Å²) in [4.78, 5) is 21.2. The summed E-state index contributed by atoms with van der Waals surface area (Å²) in [5.74, 6) is -0.0802. The molecule has 1 aliphatic rings. The third kappa shape index (κ3) is 2.74. The summed E-state index contributed by atoms with van der Waals surface area (Å²) in [5.41, 5.74) is 2.58. The molecule has 1 aliphatic heterocycles. The first-order valence-corrected chi connectivity index (χ1v) is 7.99. The van der Waals surface area contributed by atoms with Gasteiger partial charge in [-0.3, -0.25) is 14.8 Å². The maximum Gasteiger partial charge on any atom is 0.254 e. The van der Waals surface area contributed by atoms with Crippen molar-refractivity contribution in [1.29, 1.82) is 0 Å². The molecule has 3 heterocycles. The molecule has 1 N–H and O–H groups in total. The number of nitrogens with one attached hydrogen (secondary N) is 1. The van der Waals surface area contributed by atoms with E-state index in [1.54, 1.807) is 18.6 Å². The van der Waals surface area contributed by atoms with Crippen molar-refractivity contribution in [3.8, 4) is 0 Å². The fourth-order valence-corrected chi connectivity index (χ4v) is 3.21. The van der Waals surface area contributed by atoms with Crippen molar-refractivity contribution in [3.63, 3.8) is 0 Å². The zero-order valence-electron chi connectivity index (χ0n) is 13.1. The number of anilines is 1. The van der Waals surface area contributed by atoms with E-state index in [9.17, 15) is 4.79 Å². The van der Waals surface area contributed by atoms with Crippen LogP contribution in [0.2, 0.25) is 0 Å². The summed E-state index contributed by atoms with van der Waals surface area (Å²) in [6.45, 7) is 0.582. The first kappa shape index (κ1) is 14.8. The second-order valence-corrected chi connectivity index (χ2v) is 5.84. The maximum atomic E-state index is 12.8. The maximum absolute atomic E-state index is 12.8. The predicted octanol–water partition coefficient (Wildman–Crippen LogP) is 3.14. The lowest BCUT2D eigenvalue weighted by Gasteiger charge is -2.18. The van der Waals surface area contributed by atoms with Gasteiger partial charge in [0.2, 0.25) is 0 Å². The number of fused-ring (bicyclic) bond motifs is 1. The van der Waals surface area contributed by atoms with Gasteiger partial charge in [0.15, 0.2) is 0 Å². The standard InChI is InChI=1S/C19H17N3O2/c23-19(18-15(8-12-24-18)13-6-10-20-11-7-13)22-16-5-1-3-14-4-2-9-21-17(14)16/h1-7,9-11,15,18H,8,12H2,(H,22,23)/t15-,18-/m1/s1. The van der Waals surface area contributed by atoms with Crippen LogP contribution in [-0.2, 0) is 9.53 Å². The first-order chi connectivity index (χ1) is 11.8. The molecule has 2 aromatic heterocycles. The largest absolute Gasteiger partial charge is 0.368 e. The van der Waals surface area contributed by atoms with Gasteiger partial charge >= 0.3 is 0 Å². The van der Waals surface area contributed by atoms with Crippen molar-refractivity contribution in [2.24, 2.45) is 0 Å². The van der Waals surface area contributed by atoms with E-state index in [0.29, 0.717) is 12.3 Å². The number of aromatic nitrogens is 2. The lowest BCUT2D eigenvalue weighted by Crippen LogP contribution is -2.31. The average molecular weight is 319 g/mol. The van der Waals surface area contributed by atoms with Crippen LogP contribution in [0.5, 0.6) is 0 Å². The Balaban J connectivity index is 1.59. The summed E-state index contributed by atoms with van der Waals surface area (Å²) < 4.78 is 5.71. The van der Waals surface area contributed by atoms with Gasteiger partial charge in [0, 0.05) is 36.5 Å². The molecule has 0 unspecified atom stereocenters. The molecule has 5 heteroatoms. The van der Waals surface area contributed by atoms with E-state index in [0.717, 1.165) is 22.9 Å². The fourth-order valence-electron chi connectivity index (χ4n) is 3.21. The highest BCUT2D eigenvalue weighted by Gasteiger charge is 2.35. The van der Waals surface area contributed by atoms with E-state index in [1.807, 2.05) is 42.5 Å². The monoisotopic (exact) mass is 319 g/mol. The topological polar surface area (TPSA) is 64.1 Å². The Hall–Kier alpha value is -2.79. The molecule has 0 aliphatic carbocycles. The van der Waals surface area contributed by atoms with Crippen molar-refractivity contribution in [3.05, 3.63) is 66.6 Å². The Morgan fingerprint density at radius 2 is 1.92 bits per heavy atom. The van der Waals surface area contributed by atoms with Crippen LogP contribution < -0.4 is 5.32 Å². The Labute approximate surface area is 139 Å². The highest BCUT2D eigenvalue weighted by molar-refractivity contribution is 6.02. The van der Waals surface area contributed by atoms with Gasteiger partial charge in [0.1, 0.15) is 6.10 Å². The normalized spacial score (nSPS) is 20.2. The van der Waals surface area contributed by atoms with Gasteiger partial charge in [0.25, 0.3) is 5.91 Å². The van der Waals surface area contributed by atoms with E-state index in [2.05, 4.69) is 15.3 Å². The number of benzene rings is 1. The summed E-state index contributed by atoms with van der Waals surface area (Å²) in [6.07, 6.45) is 5.56. The van der Waals surface area contributed by atoms with E-state index in [4.69, 9.17) is 4.74 Å². The SMILES string of the molecule is O=C(Nc1cccc2cccnc12)[C@@H]1OCC[C@@H]1c1ccncc1. The molecule has 0 bridgehead atoms. The van der Waals surface area contributed by atoms with Gasteiger partial charge in [-0.05, 0) is 36.2 Å². The number of amides is 1. The third-order valence-electron chi connectivity index (χ3n) is 4.37. The minimum Gasteiger partial charge on any atom is -0.368 e. The molecule has 1 fully saturated rings. The molecule has 0 radical (unpaired) electrons. The molecule has 1 saturated heterocycles. The molecule has 0 saturated carbocycles. The summed E-state index contributed by atoms with van der Waals surface area (Å²) in [7, 11) is 0. The van der Waals surface area contributed by atoms with Crippen LogP contribution in [0.25, 0.3) is 10.9 Å². The zero-order chi connectivity index (χ0) is 16.4. The molecule has 5 nitrogen and oxygen atoms in total. The number of hydrogen-bond acceptors (Lipinski definition) is 4. The van der Waals surface area contributed by atoms with E-state index in [1.165, 1.54) is 0 Å². The Morgan fingerprint density at radius 1 is 1.08 bits per heavy atom. The van der Waals surface area contributed by atoms with Crippen molar-refractivity contribution in [2.45, 2.75) is 18.4 Å². The molecular formula is C19H17N3O2. The minimum atomic E-state index is -0.494. The Bertz CT molecular complexity index is 861. The second-order valence-electron chi connectivity index (χ2n) is 5.84. The second kappa shape index (κ2) is 6.37. The molecule has 2 atom stereocenters. The van der Waals surface area contributed by atoms with Crippen molar-refractivity contribution >= 4 is 22.5 Å². The van der Waals surface area contributed by atoms with Gasteiger partial charge < -0.3 is 10.1 Å². The molecule has 24 heavy (non-hydrogen) atoms. The van der Waals surface area contributed by atoms with E-state index in [-0.39, 0.29) is 11.8 Å². The highest BCUT2D eigenvalue weighted by Crippen LogP contribution is 2.32. The van der Waals surface area contributed by atoms with Crippen LogP contribution in [0.4, 0.5) is 5.69 Å². The zero-order valence-corrected chi connectivity index (χ0v) is 13.1. The van der Waals surface area contributed by atoms with Crippen LogP contribution in [0.1, 0.15) is 17.9 Å². The summed E-state index contributed by atoms with van der Waals surface area (Å²) >= 11 is 0. The van der Waals surface area contributed by atoms with Crippen molar-refractivity contribution in [2.75, 3.05) is 11.9 Å². The van der Waals surface area contributed by atoms with E-state index < -0.39 is 6.10 Å². The molecule has 0 spiro atoms.